The first kappa shape index (κ1) is 12.4. The van der Waals surface area contributed by atoms with Crippen LogP contribution in [0.1, 0.15) is 5.56 Å². The molecule has 0 amide bonds. The van der Waals surface area contributed by atoms with Crippen molar-refractivity contribution in [2.45, 2.75) is 19.6 Å². The third-order valence-corrected chi connectivity index (χ3v) is 2.65. The number of hydrogen-bond donors (Lipinski definition) is 0. The number of hydrogen-bond acceptors (Lipinski definition) is 1. The second kappa shape index (κ2) is 5.44. The lowest BCUT2D eigenvalue weighted by Crippen LogP contribution is -2.16. The first-order chi connectivity index (χ1) is 7.51. The highest BCUT2D eigenvalue weighted by Crippen LogP contribution is 2.11. The highest BCUT2D eigenvalue weighted by atomic mass is 28.3. The van der Waals surface area contributed by atoms with Crippen molar-refractivity contribution < 1.29 is 4.74 Å². The van der Waals surface area contributed by atoms with E-state index in [0.29, 0.717) is 0 Å². The second-order valence-corrected chi connectivity index (χ2v) is 9.23. The summed E-state index contributed by atoms with van der Waals surface area (Å²) in [5, 5.41) is 0. The lowest BCUT2D eigenvalue weighted by Gasteiger charge is -2.01. The minimum atomic E-state index is -1.30. The van der Waals surface area contributed by atoms with E-state index in [4.69, 9.17) is 4.74 Å². The van der Waals surface area contributed by atoms with Crippen molar-refractivity contribution in [3.05, 3.63) is 29.8 Å². The molecule has 16 heavy (non-hydrogen) atoms. The number of methoxy groups -OCH3 is 1. The summed E-state index contributed by atoms with van der Waals surface area (Å²) in [6, 6.07) is 7.68. The fourth-order valence-electron chi connectivity index (χ4n) is 1.02. The van der Waals surface area contributed by atoms with E-state index >= 15 is 0 Å². The molecule has 0 bridgehead atoms. The van der Waals surface area contributed by atoms with E-state index in [1.165, 1.54) is 0 Å². The van der Waals surface area contributed by atoms with Gasteiger partial charge < -0.3 is 4.74 Å². The van der Waals surface area contributed by atoms with Gasteiger partial charge in [0.2, 0.25) is 0 Å². The topological polar surface area (TPSA) is 9.23 Å². The molecule has 0 N–H and O–H groups in total. The summed E-state index contributed by atoms with van der Waals surface area (Å²) in [7, 11) is 0.349. The molecule has 1 aromatic rings. The summed E-state index contributed by atoms with van der Waals surface area (Å²) in [4.78, 5) is 0. The minimum Gasteiger partial charge on any atom is -0.497 e. The monoisotopic (exact) mass is 228 g/mol. The smallest absolute Gasteiger partial charge is 0.130 e. The molecule has 1 aromatic carbocycles. The maximum absolute atomic E-state index is 5.12. The Bertz CT molecular complexity index is 475. The number of ether oxygens (including phenoxy) is 1. The van der Waals surface area contributed by atoms with Gasteiger partial charge in [0.25, 0.3) is 0 Å². The van der Waals surface area contributed by atoms with E-state index in [-0.39, 0.29) is 0 Å². The zero-order valence-corrected chi connectivity index (χ0v) is 11.2. The van der Waals surface area contributed by atoms with Crippen molar-refractivity contribution in [3.63, 3.8) is 0 Å². The third kappa shape index (κ3) is 4.73. The Labute approximate surface area is 98.8 Å². The van der Waals surface area contributed by atoms with Crippen LogP contribution in [0.2, 0.25) is 19.6 Å². The Morgan fingerprint density at radius 1 is 1.12 bits per heavy atom. The zero-order chi connectivity index (χ0) is 12.0. The SMILES string of the molecule is COc1cccc(C#CC#C[Si](C)(C)C)c1. The van der Waals surface area contributed by atoms with Crippen LogP contribution >= 0.6 is 0 Å². The number of benzene rings is 1. The summed E-state index contributed by atoms with van der Waals surface area (Å²) in [5.41, 5.74) is 4.14. The summed E-state index contributed by atoms with van der Waals surface area (Å²) < 4.78 is 5.12. The maximum atomic E-state index is 5.12. The highest BCUT2D eigenvalue weighted by Gasteiger charge is 2.06. The van der Waals surface area contributed by atoms with Gasteiger partial charge in [-0.3, -0.25) is 0 Å². The van der Waals surface area contributed by atoms with Gasteiger partial charge in [0.15, 0.2) is 0 Å². The molecule has 0 spiro atoms. The normalized spacial score (nSPS) is 9.50. The molecule has 0 aliphatic rings. The molecule has 1 rings (SSSR count). The molecule has 0 unspecified atom stereocenters. The Morgan fingerprint density at radius 3 is 2.50 bits per heavy atom. The predicted molar refractivity (Wildman–Crippen MR) is 71.0 cm³/mol. The van der Waals surface area contributed by atoms with E-state index in [9.17, 15) is 0 Å². The fourth-order valence-corrected chi connectivity index (χ4v) is 1.46. The van der Waals surface area contributed by atoms with Gasteiger partial charge in [-0.25, -0.2) is 0 Å². The summed E-state index contributed by atoms with van der Waals surface area (Å²) >= 11 is 0. The average molecular weight is 228 g/mol. The Kier molecular flexibility index (Phi) is 4.23. The molecule has 0 heterocycles. The van der Waals surface area contributed by atoms with E-state index in [1.54, 1.807) is 7.11 Å². The standard InChI is InChI=1S/C14H16OSi/c1-15-14-10-7-9-13(12-14)8-5-6-11-16(2,3)4/h7,9-10,12H,1-4H3. The molecule has 0 atom stereocenters. The molecular formula is C14H16OSi. The van der Waals surface area contributed by atoms with Gasteiger partial charge in [0.1, 0.15) is 13.8 Å². The van der Waals surface area contributed by atoms with Crippen molar-refractivity contribution in [1.29, 1.82) is 0 Å². The van der Waals surface area contributed by atoms with E-state index < -0.39 is 8.07 Å². The molecular weight excluding hydrogens is 212 g/mol. The van der Waals surface area contributed by atoms with Crippen LogP contribution in [0.5, 0.6) is 5.75 Å². The first-order valence-electron chi connectivity index (χ1n) is 5.18. The van der Waals surface area contributed by atoms with Gasteiger partial charge in [-0.1, -0.05) is 31.6 Å². The summed E-state index contributed by atoms with van der Waals surface area (Å²) in [5.74, 6) is 9.63. The van der Waals surface area contributed by atoms with Crippen LogP contribution < -0.4 is 4.74 Å². The molecule has 0 fully saturated rings. The van der Waals surface area contributed by atoms with Crippen LogP contribution in [0.15, 0.2) is 24.3 Å². The zero-order valence-electron chi connectivity index (χ0n) is 10.2. The molecule has 82 valence electrons. The van der Waals surface area contributed by atoms with Crippen LogP contribution in [0.25, 0.3) is 0 Å². The molecule has 0 radical (unpaired) electrons. The largest absolute Gasteiger partial charge is 0.497 e. The lowest BCUT2D eigenvalue weighted by molar-refractivity contribution is 0.414. The van der Waals surface area contributed by atoms with Crippen molar-refractivity contribution >= 4 is 8.07 Å². The van der Waals surface area contributed by atoms with Crippen LogP contribution in [0.3, 0.4) is 0 Å². The van der Waals surface area contributed by atoms with E-state index in [1.807, 2.05) is 24.3 Å². The first-order valence-corrected chi connectivity index (χ1v) is 8.68. The third-order valence-electron chi connectivity index (χ3n) is 1.78. The van der Waals surface area contributed by atoms with E-state index in [2.05, 4.69) is 42.9 Å². The Hall–Kier alpha value is -1.64. The Balaban J connectivity index is 2.80. The Morgan fingerprint density at radius 2 is 1.88 bits per heavy atom. The van der Waals surface area contributed by atoms with Crippen molar-refractivity contribution in [1.82, 2.24) is 0 Å². The quantitative estimate of drug-likeness (QED) is 0.530. The molecule has 0 aliphatic heterocycles. The predicted octanol–water partition coefficient (Wildman–Crippen LogP) is 2.93. The molecule has 0 saturated carbocycles. The fraction of sp³-hybridized carbons (Fsp3) is 0.286. The van der Waals surface area contributed by atoms with Gasteiger partial charge in [-0.2, -0.15) is 0 Å². The molecule has 0 aromatic heterocycles. The summed E-state index contributed by atoms with van der Waals surface area (Å²) in [6.07, 6.45) is 0. The van der Waals surface area contributed by atoms with Crippen LogP contribution in [0, 0.1) is 23.3 Å². The molecule has 1 nitrogen and oxygen atoms in total. The molecule has 0 saturated heterocycles. The van der Waals surface area contributed by atoms with E-state index in [0.717, 1.165) is 11.3 Å². The van der Waals surface area contributed by atoms with Crippen molar-refractivity contribution in [2.75, 3.05) is 7.11 Å². The van der Waals surface area contributed by atoms with Gasteiger partial charge in [0.05, 0.1) is 7.11 Å². The van der Waals surface area contributed by atoms with Crippen LogP contribution in [-0.4, -0.2) is 15.2 Å². The van der Waals surface area contributed by atoms with Crippen molar-refractivity contribution in [2.24, 2.45) is 0 Å². The van der Waals surface area contributed by atoms with Gasteiger partial charge >= 0.3 is 0 Å². The molecule has 2 heteroatoms. The maximum Gasteiger partial charge on any atom is 0.130 e. The number of rotatable bonds is 1. The van der Waals surface area contributed by atoms with Gasteiger partial charge in [0, 0.05) is 5.56 Å². The summed E-state index contributed by atoms with van der Waals surface area (Å²) in [6.45, 7) is 6.60. The second-order valence-electron chi connectivity index (χ2n) is 4.48. The van der Waals surface area contributed by atoms with Crippen molar-refractivity contribution in [3.8, 4) is 29.1 Å². The molecule has 0 aliphatic carbocycles. The van der Waals surface area contributed by atoms with Gasteiger partial charge in [-0.15, -0.1) is 5.54 Å². The average Bonchev–Trinajstić information content (AvgIpc) is 2.23. The van der Waals surface area contributed by atoms with Gasteiger partial charge in [-0.05, 0) is 30.0 Å². The minimum absolute atomic E-state index is 0.824. The lowest BCUT2D eigenvalue weighted by atomic mass is 10.2. The highest BCUT2D eigenvalue weighted by molar-refractivity contribution is 6.83. The van der Waals surface area contributed by atoms with Crippen LogP contribution in [0.4, 0.5) is 0 Å². The van der Waals surface area contributed by atoms with Crippen LogP contribution in [-0.2, 0) is 0 Å².